The summed E-state index contributed by atoms with van der Waals surface area (Å²) in [7, 11) is -3.49. The van der Waals surface area contributed by atoms with Gasteiger partial charge in [-0.2, -0.15) is 4.31 Å². The van der Waals surface area contributed by atoms with Crippen molar-refractivity contribution in [2.24, 2.45) is 0 Å². The van der Waals surface area contributed by atoms with Gasteiger partial charge >= 0.3 is 0 Å². The molecule has 2 aromatic carbocycles. The molecule has 6 heteroatoms. The fourth-order valence-corrected chi connectivity index (χ4v) is 4.05. The van der Waals surface area contributed by atoms with Crippen molar-refractivity contribution in [3.8, 4) is 0 Å². The Kier molecular flexibility index (Phi) is 3.37. The normalized spacial score (nSPS) is 17.4. The molecule has 1 saturated heterocycles. The third kappa shape index (κ3) is 2.26. The number of nitrogens with two attached hydrogens (primary N) is 1. The predicted octanol–water partition coefficient (Wildman–Crippen LogP) is 1.44. The Balaban J connectivity index is 2.13. The van der Waals surface area contributed by atoms with E-state index in [4.69, 9.17) is 10.5 Å². The van der Waals surface area contributed by atoms with E-state index in [9.17, 15) is 8.42 Å². The number of morpholine rings is 1. The van der Waals surface area contributed by atoms with E-state index in [2.05, 4.69) is 0 Å². The van der Waals surface area contributed by atoms with Crippen molar-refractivity contribution in [2.45, 2.75) is 4.90 Å². The van der Waals surface area contributed by atoms with Crippen LogP contribution in [0.15, 0.2) is 41.3 Å². The summed E-state index contributed by atoms with van der Waals surface area (Å²) >= 11 is 0. The lowest BCUT2D eigenvalue weighted by Gasteiger charge is -2.26. The Labute approximate surface area is 118 Å². The number of anilines is 1. The van der Waals surface area contributed by atoms with Crippen molar-refractivity contribution in [3.05, 3.63) is 36.4 Å². The highest BCUT2D eigenvalue weighted by atomic mass is 32.2. The largest absolute Gasteiger partial charge is 0.399 e. The molecule has 0 amide bonds. The van der Waals surface area contributed by atoms with Crippen LogP contribution in [-0.4, -0.2) is 39.0 Å². The van der Waals surface area contributed by atoms with Crippen molar-refractivity contribution >= 4 is 26.5 Å². The van der Waals surface area contributed by atoms with Gasteiger partial charge in [-0.25, -0.2) is 8.42 Å². The Bertz CT molecular complexity index is 737. The van der Waals surface area contributed by atoms with Crippen LogP contribution in [0.2, 0.25) is 0 Å². The fraction of sp³-hybridized carbons (Fsp3) is 0.286. The monoisotopic (exact) mass is 292 g/mol. The minimum absolute atomic E-state index is 0.330. The number of rotatable bonds is 2. The van der Waals surface area contributed by atoms with Gasteiger partial charge in [0.1, 0.15) is 0 Å². The minimum atomic E-state index is -3.49. The van der Waals surface area contributed by atoms with Gasteiger partial charge in [0.15, 0.2) is 0 Å². The summed E-state index contributed by atoms with van der Waals surface area (Å²) in [6, 6.07) is 10.5. The van der Waals surface area contributed by atoms with Crippen molar-refractivity contribution in [3.63, 3.8) is 0 Å². The van der Waals surface area contributed by atoms with E-state index in [1.54, 1.807) is 30.3 Å². The van der Waals surface area contributed by atoms with E-state index < -0.39 is 10.0 Å². The van der Waals surface area contributed by atoms with Gasteiger partial charge in [-0.15, -0.1) is 0 Å². The van der Waals surface area contributed by atoms with Crippen molar-refractivity contribution < 1.29 is 13.2 Å². The second kappa shape index (κ2) is 5.05. The molecule has 1 heterocycles. The van der Waals surface area contributed by atoms with Gasteiger partial charge in [0.2, 0.25) is 10.0 Å². The molecule has 2 N–H and O–H groups in total. The first kappa shape index (κ1) is 13.4. The molecule has 0 aromatic heterocycles. The Morgan fingerprint density at radius 2 is 1.85 bits per heavy atom. The molecule has 1 fully saturated rings. The number of fused-ring (bicyclic) bond motifs is 1. The first-order chi connectivity index (χ1) is 9.59. The van der Waals surface area contributed by atoms with Gasteiger partial charge in [-0.05, 0) is 23.6 Å². The van der Waals surface area contributed by atoms with Crippen molar-refractivity contribution in [1.29, 1.82) is 0 Å². The number of nitrogen functional groups attached to an aromatic ring is 1. The molecule has 106 valence electrons. The maximum atomic E-state index is 12.7. The summed E-state index contributed by atoms with van der Waals surface area (Å²) in [5.74, 6) is 0. The van der Waals surface area contributed by atoms with Crippen LogP contribution in [0.4, 0.5) is 5.69 Å². The molecule has 0 spiro atoms. The van der Waals surface area contributed by atoms with Crippen LogP contribution >= 0.6 is 0 Å². The third-order valence-corrected chi connectivity index (χ3v) is 5.41. The maximum Gasteiger partial charge on any atom is 0.243 e. The van der Waals surface area contributed by atoms with Crippen molar-refractivity contribution in [1.82, 2.24) is 4.31 Å². The zero-order chi connectivity index (χ0) is 14.2. The number of ether oxygens (including phenoxy) is 1. The predicted molar refractivity (Wildman–Crippen MR) is 77.9 cm³/mol. The lowest BCUT2D eigenvalue weighted by Crippen LogP contribution is -2.40. The zero-order valence-corrected chi connectivity index (χ0v) is 11.8. The van der Waals surface area contributed by atoms with E-state index in [-0.39, 0.29) is 0 Å². The Morgan fingerprint density at radius 3 is 2.60 bits per heavy atom. The Hall–Kier alpha value is -1.63. The van der Waals surface area contributed by atoms with Crippen LogP contribution < -0.4 is 5.73 Å². The highest BCUT2D eigenvalue weighted by Crippen LogP contribution is 2.27. The van der Waals surface area contributed by atoms with Crippen LogP contribution in [0.25, 0.3) is 10.8 Å². The molecule has 20 heavy (non-hydrogen) atoms. The average molecular weight is 292 g/mol. The second-order valence-corrected chi connectivity index (χ2v) is 6.66. The molecule has 0 atom stereocenters. The molecular formula is C14H16N2O3S. The van der Waals surface area contributed by atoms with Gasteiger partial charge in [0, 0.05) is 24.2 Å². The molecule has 0 bridgehead atoms. The Morgan fingerprint density at radius 1 is 1.10 bits per heavy atom. The number of hydrogen-bond acceptors (Lipinski definition) is 4. The van der Waals surface area contributed by atoms with Gasteiger partial charge in [-0.3, -0.25) is 0 Å². The first-order valence-electron chi connectivity index (χ1n) is 6.45. The zero-order valence-electron chi connectivity index (χ0n) is 11.0. The highest BCUT2D eigenvalue weighted by molar-refractivity contribution is 7.89. The summed E-state index contributed by atoms with van der Waals surface area (Å²) in [5.41, 5.74) is 6.37. The van der Waals surface area contributed by atoms with Crippen LogP contribution in [0.3, 0.4) is 0 Å². The fourth-order valence-electron chi connectivity index (χ4n) is 2.42. The number of nitrogens with zero attached hydrogens (tertiary/aromatic N) is 1. The second-order valence-electron chi connectivity index (χ2n) is 4.75. The molecular weight excluding hydrogens is 276 g/mol. The van der Waals surface area contributed by atoms with Gasteiger partial charge in [-0.1, -0.05) is 18.2 Å². The SMILES string of the molecule is Nc1ccc2c(S(=O)(=O)N3CCOCC3)cccc2c1. The van der Waals surface area contributed by atoms with E-state index in [0.29, 0.717) is 42.3 Å². The number of benzene rings is 2. The quantitative estimate of drug-likeness (QED) is 0.850. The van der Waals surface area contributed by atoms with Crippen molar-refractivity contribution in [2.75, 3.05) is 32.0 Å². The molecule has 0 radical (unpaired) electrons. The topological polar surface area (TPSA) is 72.6 Å². The van der Waals surface area contributed by atoms with Gasteiger partial charge < -0.3 is 10.5 Å². The van der Waals surface area contributed by atoms with Gasteiger partial charge in [0.25, 0.3) is 0 Å². The molecule has 0 unspecified atom stereocenters. The van der Waals surface area contributed by atoms with Crippen LogP contribution in [0.1, 0.15) is 0 Å². The lowest BCUT2D eigenvalue weighted by atomic mass is 10.1. The van der Waals surface area contributed by atoms with E-state index in [1.807, 2.05) is 6.07 Å². The first-order valence-corrected chi connectivity index (χ1v) is 7.89. The maximum absolute atomic E-state index is 12.7. The molecule has 0 aliphatic carbocycles. The van der Waals surface area contributed by atoms with E-state index in [1.165, 1.54) is 4.31 Å². The summed E-state index contributed by atoms with van der Waals surface area (Å²) in [6.07, 6.45) is 0. The molecule has 1 aliphatic rings. The van der Waals surface area contributed by atoms with E-state index >= 15 is 0 Å². The standard InChI is InChI=1S/C14H16N2O3S/c15-12-4-5-13-11(10-12)2-1-3-14(13)20(17,18)16-6-8-19-9-7-16/h1-5,10H,6-9,15H2. The van der Waals surface area contributed by atoms with Crippen LogP contribution in [0, 0.1) is 0 Å². The van der Waals surface area contributed by atoms with Crippen LogP contribution in [-0.2, 0) is 14.8 Å². The smallest absolute Gasteiger partial charge is 0.243 e. The molecule has 1 aliphatic heterocycles. The summed E-state index contributed by atoms with van der Waals surface area (Å²) < 4.78 is 32.1. The van der Waals surface area contributed by atoms with Gasteiger partial charge in [0.05, 0.1) is 18.1 Å². The third-order valence-electron chi connectivity index (χ3n) is 3.45. The van der Waals surface area contributed by atoms with Crippen LogP contribution in [0.5, 0.6) is 0 Å². The molecule has 5 nitrogen and oxygen atoms in total. The molecule has 0 saturated carbocycles. The summed E-state index contributed by atoms with van der Waals surface area (Å²) in [6.45, 7) is 1.68. The minimum Gasteiger partial charge on any atom is -0.399 e. The summed E-state index contributed by atoms with van der Waals surface area (Å²) in [4.78, 5) is 0.330. The molecule has 2 aromatic rings. The average Bonchev–Trinajstić information content (AvgIpc) is 2.47. The molecule has 3 rings (SSSR count). The summed E-state index contributed by atoms with van der Waals surface area (Å²) in [5, 5.41) is 1.53. The van der Waals surface area contributed by atoms with E-state index in [0.717, 1.165) is 5.39 Å². The number of sulfonamides is 1. The highest BCUT2D eigenvalue weighted by Gasteiger charge is 2.27. The number of hydrogen-bond donors (Lipinski definition) is 1. The lowest BCUT2D eigenvalue weighted by molar-refractivity contribution is 0.0730.